The molecule has 1 heterocycles. The lowest BCUT2D eigenvalue weighted by molar-refractivity contribution is -0.0214. The second-order valence-corrected chi connectivity index (χ2v) is 2.75. The van der Waals surface area contributed by atoms with Crippen LogP contribution in [0, 0.1) is 0 Å². The first kappa shape index (κ1) is 7.95. The van der Waals surface area contributed by atoms with Gasteiger partial charge in [-0.2, -0.15) is 0 Å². The second kappa shape index (κ2) is 3.88. The van der Waals surface area contributed by atoms with Crippen LogP contribution in [0.25, 0.3) is 0 Å². The maximum absolute atomic E-state index is 12.4. The van der Waals surface area contributed by atoms with Crippen molar-refractivity contribution in [2.45, 2.75) is 13.3 Å². The van der Waals surface area contributed by atoms with E-state index in [9.17, 15) is 4.48 Å². The van der Waals surface area contributed by atoms with E-state index < -0.39 is 0 Å². The summed E-state index contributed by atoms with van der Waals surface area (Å²) < 4.78 is 12.4. The lowest BCUT2D eigenvalue weighted by atomic mass is 10.3. The number of rotatable bonds is 2. The van der Waals surface area contributed by atoms with E-state index in [4.69, 9.17) is 0 Å². The highest BCUT2D eigenvalue weighted by Crippen LogP contribution is 2.01. The molecule has 0 spiro atoms. The van der Waals surface area contributed by atoms with Crippen LogP contribution in [-0.2, 0) is 0 Å². The zero-order chi connectivity index (χ0) is 7.40. The Morgan fingerprint density at radius 3 is 2.30 bits per heavy atom. The van der Waals surface area contributed by atoms with Crippen molar-refractivity contribution in [3.63, 3.8) is 0 Å². The molecule has 1 aliphatic rings. The van der Waals surface area contributed by atoms with E-state index in [1.54, 1.807) is 0 Å². The molecule has 0 aromatic heterocycles. The molecule has 0 unspecified atom stereocenters. The van der Waals surface area contributed by atoms with Gasteiger partial charge in [0.2, 0.25) is 0 Å². The first-order valence-electron chi connectivity index (χ1n) is 3.96. The van der Waals surface area contributed by atoms with E-state index in [2.05, 4.69) is 11.8 Å². The van der Waals surface area contributed by atoms with Gasteiger partial charge in [0.25, 0.3) is 0 Å². The summed E-state index contributed by atoms with van der Waals surface area (Å²) >= 11 is 0. The van der Waals surface area contributed by atoms with Gasteiger partial charge in [-0.05, 0) is 13.0 Å². The third-order valence-electron chi connectivity index (χ3n) is 1.86. The predicted molar refractivity (Wildman–Crippen MR) is 39.4 cm³/mol. The lowest BCUT2D eigenvalue weighted by Crippen LogP contribution is -2.42. The van der Waals surface area contributed by atoms with E-state index >= 15 is 0 Å². The standard InChI is InChI=1S/C7H15FN2/c1-2-3-9-4-6-10(8)7-5-9/h2-7H2,1H3. The molecule has 0 amide bonds. The molecule has 0 atom stereocenters. The third-order valence-corrected chi connectivity index (χ3v) is 1.86. The van der Waals surface area contributed by atoms with Gasteiger partial charge in [0.05, 0.1) is 0 Å². The van der Waals surface area contributed by atoms with Crippen LogP contribution >= 0.6 is 0 Å². The summed E-state index contributed by atoms with van der Waals surface area (Å²) in [6.07, 6.45) is 1.17. The largest absolute Gasteiger partial charge is 0.301 e. The van der Waals surface area contributed by atoms with Crippen LogP contribution in [0.4, 0.5) is 4.48 Å². The lowest BCUT2D eigenvalue weighted by Gasteiger charge is -2.29. The summed E-state index contributed by atoms with van der Waals surface area (Å²) in [6.45, 7) is 6.23. The number of halogens is 1. The van der Waals surface area contributed by atoms with Gasteiger partial charge < -0.3 is 4.90 Å². The van der Waals surface area contributed by atoms with Crippen molar-refractivity contribution < 1.29 is 4.48 Å². The maximum Gasteiger partial charge on any atom is 0.0418 e. The molecule has 0 N–H and O–H groups in total. The summed E-state index contributed by atoms with van der Waals surface area (Å²) in [6, 6.07) is 0. The molecule has 10 heavy (non-hydrogen) atoms. The van der Waals surface area contributed by atoms with Gasteiger partial charge in [-0.3, -0.25) is 0 Å². The summed E-state index contributed by atoms with van der Waals surface area (Å²) in [4.78, 5) is 2.30. The second-order valence-electron chi connectivity index (χ2n) is 2.75. The molecule has 2 nitrogen and oxygen atoms in total. The van der Waals surface area contributed by atoms with Gasteiger partial charge in [0.1, 0.15) is 0 Å². The van der Waals surface area contributed by atoms with Crippen LogP contribution in [-0.4, -0.2) is 42.7 Å². The van der Waals surface area contributed by atoms with Crippen molar-refractivity contribution in [2.75, 3.05) is 32.7 Å². The molecule has 1 rings (SSSR count). The van der Waals surface area contributed by atoms with Crippen molar-refractivity contribution in [1.29, 1.82) is 0 Å². The smallest absolute Gasteiger partial charge is 0.0418 e. The maximum atomic E-state index is 12.4. The van der Waals surface area contributed by atoms with Crippen LogP contribution < -0.4 is 0 Å². The molecule has 0 bridgehead atoms. The summed E-state index contributed by atoms with van der Waals surface area (Å²) in [7, 11) is 0. The predicted octanol–water partition coefficient (Wildman–Crippen LogP) is 0.899. The third kappa shape index (κ3) is 2.23. The Hall–Kier alpha value is -0.150. The molecule has 0 radical (unpaired) electrons. The van der Waals surface area contributed by atoms with Gasteiger partial charge >= 0.3 is 0 Å². The molecule has 0 aromatic carbocycles. The Bertz CT molecular complexity index is 89.6. The van der Waals surface area contributed by atoms with Crippen molar-refractivity contribution in [1.82, 2.24) is 10.0 Å². The topological polar surface area (TPSA) is 6.48 Å². The van der Waals surface area contributed by atoms with Gasteiger partial charge in [0.15, 0.2) is 0 Å². The molecule has 0 aliphatic carbocycles. The molecular formula is C7H15FN2. The van der Waals surface area contributed by atoms with Crippen LogP contribution in [0.15, 0.2) is 0 Å². The highest BCUT2D eigenvalue weighted by Gasteiger charge is 2.14. The fraction of sp³-hybridized carbons (Fsp3) is 1.00. The highest BCUT2D eigenvalue weighted by molar-refractivity contribution is 4.65. The van der Waals surface area contributed by atoms with Crippen LogP contribution in [0.3, 0.4) is 0 Å². The van der Waals surface area contributed by atoms with Crippen molar-refractivity contribution in [3.05, 3.63) is 0 Å². The number of hydrogen-bond acceptors (Lipinski definition) is 2. The minimum atomic E-state index is 0.583. The minimum absolute atomic E-state index is 0.583. The van der Waals surface area contributed by atoms with Crippen LogP contribution in [0.2, 0.25) is 0 Å². The first-order valence-corrected chi connectivity index (χ1v) is 3.96. The number of hydrogen-bond donors (Lipinski definition) is 0. The van der Waals surface area contributed by atoms with Crippen LogP contribution in [0.5, 0.6) is 0 Å². The summed E-state index contributed by atoms with van der Waals surface area (Å²) in [5.41, 5.74) is 0. The van der Waals surface area contributed by atoms with Gasteiger partial charge in [-0.15, -0.1) is 9.60 Å². The molecule has 60 valence electrons. The molecule has 3 heteroatoms. The Labute approximate surface area is 61.5 Å². The Balaban J connectivity index is 2.13. The Morgan fingerprint density at radius 2 is 1.80 bits per heavy atom. The summed E-state index contributed by atoms with van der Waals surface area (Å²) in [5.74, 6) is 0. The fourth-order valence-corrected chi connectivity index (χ4v) is 1.26. The van der Waals surface area contributed by atoms with Crippen LogP contribution in [0.1, 0.15) is 13.3 Å². The Kier molecular flexibility index (Phi) is 3.09. The SMILES string of the molecule is CCCN1CCN(F)CC1. The zero-order valence-electron chi connectivity index (χ0n) is 6.52. The van der Waals surface area contributed by atoms with Gasteiger partial charge in [-0.25, -0.2) is 0 Å². The fourth-order valence-electron chi connectivity index (χ4n) is 1.26. The molecule has 1 fully saturated rings. The van der Waals surface area contributed by atoms with E-state index in [-0.39, 0.29) is 0 Å². The highest BCUT2D eigenvalue weighted by atomic mass is 19.2. The zero-order valence-corrected chi connectivity index (χ0v) is 6.52. The normalized spacial score (nSPS) is 23.4. The van der Waals surface area contributed by atoms with Crippen molar-refractivity contribution in [2.24, 2.45) is 0 Å². The monoisotopic (exact) mass is 146 g/mol. The summed E-state index contributed by atoms with van der Waals surface area (Å²) in [5, 5.41) is 0.895. The van der Waals surface area contributed by atoms with E-state index in [1.165, 1.54) is 6.42 Å². The van der Waals surface area contributed by atoms with Crippen molar-refractivity contribution in [3.8, 4) is 0 Å². The van der Waals surface area contributed by atoms with Gasteiger partial charge in [0, 0.05) is 26.2 Å². The minimum Gasteiger partial charge on any atom is -0.301 e. The van der Waals surface area contributed by atoms with E-state index in [0.29, 0.717) is 13.1 Å². The average molecular weight is 146 g/mol. The molecule has 1 saturated heterocycles. The van der Waals surface area contributed by atoms with E-state index in [0.717, 1.165) is 24.8 Å². The van der Waals surface area contributed by atoms with Crippen molar-refractivity contribution >= 4 is 0 Å². The Morgan fingerprint density at radius 1 is 1.20 bits per heavy atom. The van der Waals surface area contributed by atoms with E-state index in [1.807, 2.05) is 0 Å². The molecule has 0 saturated carbocycles. The molecule has 0 aromatic rings. The molecule has 1 aliphatic heterocycles. The van der Waals surface area contributed by atoms with Gasteiger partial charge in [-0.1, -0.05) is 6.92 Å². The molecular weight excluding hydrogens is 131 g/mol. The number of piperazine rings is 1. The first-order chi connectivity index (χ1) is 4.83. The number of nitrogens with zero attached hydrogens (tertiary/aromatic N) is 2. The quantitative estimate of drug-likeness (QED) is 0.534. The average Bonchev–Trinajstić information content (AvgIpc) is 1.95.